The summed E-state index contributed by atoms with van der Waals surface area (Å²) in [6.45, 7) is 6.64. The fourth-order valence-corrected chi connectivity index (χ4v) is 5.11. The van der Waals surface area contributed by atoms with E-state index in [1.54, 1.807) is 12.1 Å². The zero-order chi connectivity index (χ0) is 21.1. The summed E-state index contributed by atoms with van der Waals surface area (Å²) in [4.78, 5) is 14.9. The summed E-state index contributed by atoms with van der Waals surface area (Å²) in [6, 6.07) is 5.77. The van der Waals surface area contributed by atoms with Crippen LogP contribution in [0, 0.1) is 17.2 Å². The van der Waals surface area contributed by atoms with Gasteiger partial charge in [-0.05, 0) is 48.4 Å². The molecule has 2 aromatic rings. The van der Waals surface area contributed by atoms with Gasteiger partial charge in [-0.1, -0.05) is 33.1 Å². The van der Waals surface area contributed by atoms with Gasteiger partial charge in [-0.15, -0.1) is 10.2 Å². The highest BCUT2D eigenvalue weighted by molar-refractivity contribution is 5.78. The lowest BCUT2D eigenvalue weighted by molar-refractivity contribution is -0.132. The minimum Gasteiger partial charge on any atom is -0.484 e. The Hall–Kier alpha value is -2.44. The van der Waals surface area contributed by atoms with Crippen molar-refractivity contribution in [3.8, 4) is 5.75 Å². The number of likely N-dealkylation sites (tertiary alicyclic amines) is 1. The summed E-state index contributed by atoms with van der Waals surface area (Å²) < 4.78 is 20.9. The molecule has 7 heteroatoms. The predicted octanol–water partition coefficient (Wildman–Crippen LogP) is 4.03. The van der Waals surface area contributed by atoms with E-state index in [2.05, 4.69) is 28.6 Å². The van der Waals surface area contributed by atoms with Crippen LogP contribution in [0.2, 0.25) is 0 Å². The first-order chi connectivity index (χ1) is 14.5. The molecule has 4 rings (SSSR count). The van der Waals surface area contributed by atoms with Crippen LogP contribution in [0.4, 0.5) is 4.39 Å². The van der Waals surface area contributed by atoms with E-state index in [1.807, 2.05) is 11.2 Å². The molecular formula is C23H31FN4O2. The second kappa shape index (κ2) is 8.74. The van der Waals surface area contributed by atoms with Gasteiger partial charge in [0.25, 0.3) is 5.91 Å². The molecule has 1 aliphatic carbocycles. The van der Waals surface area contributed by atoms with Crippen molar-refractivity contribution in [2.24, 2.45) is 11.3 Å². The van der Waals surface area contributed by atoms with Crippen LogP contribution in [0.15, 0.2) is 30.6 Å². The van der Waals surface area contributed by atoms with Gasteiger partial charge in [-0.3, -0.25) is 4.79 Å². The molecule has 1 spiro atoms. The van der Waals surface area contributed by atoms with Crippen molar-refractivity contribution in [1.29, 1.82) is 0 Å². The Kier molecular flexibility index (Phi) is 6.06. The standard InChI is InChI=1S/C23H31FN4O2/c1-17(2)12-28-16-25-26-22(28)20-13-27(15-23(20)10-4-3-5-11-23)21(29)14-30-19-8-6-18(24)7-9-19/h6-9,16-17,20H,3-5,10-15H2,1-2H3. The van der Waals surface area contributed by atoms with Gasteiger partial charge in [0.2, 0.25) is 0 Å². The monoisotopic (exact) mass is 414 g/mol. The summed E-state index contributed by atoms with van der Waals surface area (Å²) in [5.74, 6) is 1.88. The fourth-order valence-electron chi connectivity index (χ4n) is 5.11. The smallest absolute Gasteiger partial charge is 0.260 e. The van der Waals surface area contributed by atoms with Crippen LogP contribution >= 0.6 is 0 Å². The molecule has 1 atom stereocenters. The van der Waals surface area contributed by atoms with Gasteiger partial charge >= 0.3 is 0 Å². The Morgan fingerprint density at radius 2 is 1.97 bits per heavy atom. The van der Waals surface area contributed by atoms with E-state index in [0.29, 0.717) is 18.2 Å². The third-order valence-electron chi connectivity index (χ3n) is 6.54. The summed E-state index contributed by atoms with van der Waals surface area (Å²) in [5, 5.41) is 8.71. The molecule has 30 heavy (non-hydrogen) atoms. The average Bonchev–Trinajstić information content (AvgIpc) is 3.32. The lowest BCUT2D eigenvalue weighted by atomic mass is 9.67. The normalized spacial score (nSPS) is 20.8. The molecule has 6 nitrogen and oxygen atoms in total. The fraction of sp³-hybridized carbons (Fsp3) is 0.609. The molecule has 0 bridgehead atoms. The summed E-state index contributed by atoms with van der Waals surface area (Å²) in [5.41, 5.74) is 0.0749. The predicted molar refractivity (Wildman–Crippen MR) is 112 cm³/mol. The highest BCUT2D eigenvalue weighted by Gasteiger charge is 2.50. The Morgan fingerprint density at radius 1 is 1.23 bits per heavy atom. The first-order valence-electron chi connectivity index (χ1n) is 11.0. The maximum atomic E-state index is 13.1. The van der Waals surface area contributed by atoms with Gasteiger partial charge in [0.15, 0.2) is 6.61 Å². The zero-order valence-corrected chi connectivity index (χ0v) is 17.9. The van der Waals surface area contributed by atoms with Gasteiger partial charge in [0, 0.05) is 25.6 Å². The third-order valence-corrected chi connectivity index (χ3v) is 6.54. The van der Waals surface area contributed by atoms with Gasteiger partial charge in [-0.2, -0.15) is 0 Å². The molecule has 2 heterocycles. The summed E-state index contributed by atoms with van der Waals surface area (Å²) in [7, 11) is 0. The highest BCUT2D eigenvalue weighted by Crippen LogP contribution is 2.51. The van der Waals surface area contributed by atoms with E-state index in [1.165, 1.54) is 31.4 Å². The number of halogens is 1. The van der Waals surface area contributed by atoms with Crippen LogP contribution in [-0.2, 0) is 11.3 Å². The highest BCUT2D eigenvalue weighted by atomic mass is 19.1. The molecule has 1 aliphatic heterocycles. The minimum atomic E-state index is -0.319. The van der Waals surface area contributed by atoms with Gasteiger partial charge < -0.3 is 14.2 Å². The van der Waals surface area contributed by atoms with E-state index in [-0.39, 0.29) is 29.7 Å². The second-order valence-electron chi connectivity index (χ2n) is 9.23. The number of hydrogen-bond donors (Lipinski definition) is 0. The largest absolute Gasteiger partial charge is 0.484 e. The second-order valence-corrected chi connectivity index (χ2v) is 9.23. The van der Waals surface area contributed by atoms with Crippen LogP contribution in [0.1, 0.15) is 57.7 Å². The number of nitrogens with zero attached hydrogens (tertiary/aromatic N) is 4. The molecule has 2 aliphatic rings. The molecule has 0 N–H and O–H groups in total. The van der Waals surface area contributed by atoms with E-state index < -0.39 is 0 Å². The van der Waals surface area contributed by atoms with Crippen molar-refractivity contribution in [1.82, 2.24) is 19.7 Å². The quantitative estimate of drug-likeness (QED) is 0.716. The van der Waals surface area contributed by atoms with E-state index in [0.717, 1.165) is 31.8 Å². The molecule has 0 radical (unpaired) electrons. The number of carbonyl (C=O) groups excluding carboxylic acids is 1. The Morgan fingerprint density at radius 3 is 2.67 bits per heavy atom. The van der Waals surface area contributed by atoms with E-state index >= 15 is 0 Å². The number of carbonyl (C=O) groups is 1. The van der Waals surface area contributed by atoms with Crippen molar-refractivity contribution >= 4 is 5.91 Å². The lowest BCUT2D eigenvalue weighted by Gasteiger charge is -2.37. The summed E-state index contributed by atoms with van der Waals surface area (Å²) in [6.07, 6.45) is 7.72. The summed E-state index contributed by atoms with van der Waals surface area (Å²) >= 11 is 0. The SMILES string of the molecule is CC(C)Cn1cnnc1C1CN(C(=O)COc2ccc(F)cc2)CC12CCCCC2. The van der Waals surface area contributed by atoms with Gasteiger partial charge in [-0.25, -0.2) is 4.39 Å². The van der Waals surface area contributed by atoms with Crippen molar-refractivity contribution in [2.75, 3.05) is 19.7 Å². The first-order valence-corrected chi connectivity index (χ1v) is 11.0. The molecule has 1 aromatic heterocycles. The number of aromatic nitrogens is 3. The molecule has 2 fully saturated rings. The maximum Gasteiger partial charge on any atom is 0.260 e. The van der Waals surface area contributed by atoms with Crippen LogP contribution in [0.25, 0.3) is 0 Å². The van der Waals surface area contributed by atoms with E-state index in [4.69, 9.17) is 4.74 Å². The molecule has 1 unspecified atom stereocenters. The number of hydrogen-bond acceptors (Lipinski definition) is 4. The number of rotatable bonds is 6. The Labute approximate surface area is 177 Å². The van der Waals surface area contributed by atoms with Crippen LogP contribution in [0.5, 0.6) is 5.75 Å². The maximum absolute atomic E-state index is 13.1. The molecule has 1 saturated carbocycles. The number of benzene rings is 1. The van der Waals surface area contributed by atoms with Crippen molar-refractivity contribution in [3.63, 3.8) is 0 Å². The average molecular weight is 415 g/mol. The third kappa shape index (κ3) is 4.35. The Bertz CT molecular complexity index is 858. The van der Waals surface area contributed by atoms with Crippen LogP contribution in [0.3, 0.4) is 0 Å². The minimum absolute atomic E-state index is 0.0262. The molecule has 162 valence electrons. The number of amides is 1. The van der Waals surface area contributed by atoms with Gasteiger partial charge in [0.1, 0.15) is 23.7 Å². The van der Waals surface area contributed by atoms with Gasteiger partial charge in [0.05, 0.1) is 0 Å². The Balaban J connectivity index is 1.50. The van der Waals surface area contributed by atoms with Crippen molar-refractivity contribution in [2.45, 2.75) is 58.4 Å². The van der Waals surface area contributed by atoms with E-state index in [9.17, 15) is 9.18 Å². The molecular weight excluding hydrogens is 383 g/mol. The van der Waals surface area contributed by atoms with Crippen LogP contribution in [-0.4, -0.2) is 45.3 Å². The number of ether oxygens (including phenoxy) is 1. The first kappa shape index (κ1) is 20.8. The molecule has 1 aromatic carbocycles. The molecule has 1 amide bonds. The van der Waals surface area contributed by atoms with Crippen molar-refractivity contribution < 1.29 is 13.9 Å². The zero-order valence-electron chi connectivity index (χ0n) is 17.9. The topological polar surface area (TPSA) is 60.2 Å². The molecule has 1 saturated heterocycles. The van der Waals surface area contributed by atoms with Crippen LogP contribution < -0.4 is 4.74 Å². The lowest BCUT2D eigenvalue weighted by Crippen LogP contribution is -2.36. The van der Waals surface area contributed by atoms with Crippen molar-refractivity contribution in [3.05, 3.63) is 42.2 Å².